The lowest BCUT2D eigenvalue weighted by Gasteiger charge is -2.32. The van der Waals surface area contributed by atoms with Crippen LogP contribution in [0.15, 0.2) is 30.5 Å². The Kier molecular flexibility index (Phi) is 4.34. The summed E-state index contributed by atoms with van der Waals surface area (Å²) in [6.07, 6.45) is 2.76. The molecule has 0 unspecified atom stereocenters. The zero-order chi connectivity index (χ0) is 17.3. The van der Waals surface area contributed by atoms with E-state index in [0.29, 0.717) is 12.8 Å². The van der Waals surface area contributed by atoms with Crippen molar-refractivity contribution in [2.75, 3.05) is 7.11 Å². The molecule has 0 N–H and O–H groups in total. The monoisotopic (exact) mass is 341 g/mol. The Morgan fingerprint density at radius 2 is 1.75 bits per heavy atom. The first kappa shape index (κ1) is 16.5. The summed E-state index contributed by atoms with van der Waals surface area (Å²) in [5, 5.41) is 0. The highest BCUT2D eigenvalue weighted by atomic mass is 19.3. The second-order valence-corrected chi connectivity index (χ2v) is 5.65. The number of rotatable bonds is 5. The number of benzene rings is 1. The lowest BCUT2D eigenvalue weighted by Crippen LogP contribution is -2.31. The van der Waals surface area contributed by atoms with Crippen LogP contribution in [0.4, 0.5) is 17.6 Å². The number of alkyl halides is 2. The largest absolute Gasteiger partial charge is 0.497 e. The SMILES string of the molecule is COc1cc(F)c(Oc2ccnc(C(F)(F)C3CCC3)c2)c(F)c1. The van der Waals surface area contributed by atoms with E-state index in [1.54, 1.807) is 0 Å². The van der Waals surface area contributed by atoms with Gasteiger partial charge in [0, 0.05) is 30.3 Å². The molecule has 128 valence electrons. The molecule has 1 aliphatic carbocycles. The molecule has 7 heteroatoms. The molecule has 1 fully saturated rings. The van der Waals surface area contributed by atoms with Crippen molar-refractivity contribution in [1.82, 2.24) is 4.98 Å². The normalized spacial score (nSPS) is 15.0. The Labute approximate surface area is 136 Å². The second kappa shape index (κ2) is 6.30. The van der Waals surface area contributed by atoms with E-state index in [0.717, 1.165) is 30.8 Å². The minimum Gasteiger partial charge on any atom is -0.497 e. The summed E-state index contributed by atoms with van der Waals surface area (Å²) in [5.41, 5.74) is -0.459. The molecule has 1 aliphatic rings. The Balaban J connectivity index is 1.88. The quantitative estimate of drug-likeness (QED) is 0.713. The van der Waals surface area contributed by atoms with Crippen LogP contribution >= 0.6 is 0 Å². The maximum absolute atomic E-state index is 14.3. The van der Waals surface area contributed by atoms with Gasteiger partial charge in [-0.15, -0.1) is 0 Å². The van der Waals surface area contributed by atoms with Gasteiger partial charge >= 0.3 is 0 Å². The molecule has 0 spiro atoms. The van der Waals surface area contributed by atoms with Gasteiger partial charge < -0.3 is 9.47 Å². The van der Waals surface area contributed by atoms with Crippen LogP contribution in [0.5, 0.6) is 17.2 Å². The highest BCUT2D eigenvalue weighted by molar-refractivity contribution is 5.38. The molecular weight excluding hydrogens is 326 g/mol. The van der Waals surface area contributed by atoms with Crippen molar-refractivity contribution >= 4 is 0 Å². The van der Waals surface area contributed by atoms with Crippen molar-refractivity contribution in [3.63, 3.8) is 0 Å². The van der Waals surface area contributed by atoms with E-state index in [9.17, 15) is 17.6 Å². The number of methoxy groups -OCH3 is 1. The molecule has 0 radical (unpaired) electrons. The van der Waals surface area contributed by atoms with Gasteiger partial charge in [-0.1, -0.05) is 6.42 Å². The van der Waals surface area contributed by atoms with Crippen molar-refractivity contribution in [2.45, 2.75) is 25.2 Å². The maximum atomic E-state index is 14.3. The first-order valence-electron chi connectivity index (χ1n) is 7.47. The Morgan fingerprint density at radius 1 is 1.08 bits per heavy atom. The number of ether oxygens (including phenoxy) is 2. The molecule has 3 nitrogen and oxygen atoms in total. The average molecular weight is 341 g/mol. The van der Waals surface area contributed by atoms with Crippen LogP contribution in [0.3, 0.4) is 0 Å². The molecule has 24 heavy (non-hydrogen) atoms. The summed E-state index contributed by atoms with van der Waals surface area (Å²) >= 11 is 0. The minimum atomic E-state index is -3.09. The van der Waals surface area contributed by atoms with Crippen molar-refractivity contribution in [3.05, 3.63) is 47.8 Å². The molecule has 1 aromatic heterocycles. The van der Waals surface area contributed by atoms with Gasteiger partial charge in [0.25, 0.3) is 5.92 Å². The summed E-state index contributed by atoms with van der Waals surface area (Å²) in [5.74, 6) is -6.62. The fraction of sp³-hybridized carbons (Fsp3) is 0.353. The van der Waals surface area contributed by atoms with Gasteiger partial charge in [0.1, 0.15) is 17.2 Å². The van der Waals surface area contributed by atoms with E-state index >= 15 is 0 Å². The summed E-state index contributed by atoms with van der Waals surface area (Å²) in [7, 11) is 1.27. The molecule has 1 aromatic carbocycles. The van der Waals surface area contributed by atoms with Crippen molar-refractivity contribution < 1.29 is 27.0 Å². The number of nitrogens with zero attached hydrogens (tertiary/aromatic N) is 1. The van der Waals surface area contributed by atoms with Crippen LogP contribution in [-0.2, 0) is 5.92 Å². The van der Waals surface area contributed by atoms with E-state index in [1.165, 1.54) is 13.2 Å². The zero-order valence-electron chi connectivity index (χ0n) is 12.9. The standard InChI is InChI=1S/C17H15F4NO2/c1-23-12-7-13(18)16(14(19)8-12)24-11-5-6-22-15(9-11)17(20,21)10-3-2-4-10/h5-10H,2-4H2,1H3. The number of pyridine rings is 1. The molecule has 0 atom stereocenters. The average Bonchev–Trinajstić information content (AvgIpc) is 2.49. The van der Waals surface area contributed by atoms with Crippen molar-refractivity contribution in [1.29, 1.82) is 0 Å². The first-order valence-corrected chi connectivity index (χ1v) is 7.47. The summed E-state index contributed by atoms with van der Waals surface area (Å²) in [4.78, 5) is 3.69. The highest BCUT2D eigenvalue weighted by Crippen LogP contribution is 2.46. The molecule has 2 aromatic rings. The molecule has 1 saturated carbocycles. The Hall–Kier alpha value is -2.31. The van der Waals surface area contributed by atoms with Crippen LogP contribution < -0.4 is 9.47 Å². The van der Waals surface area contributed by atoms with E-state index in [-0.39, 0.29) is 11.5 Å². The lowest BCUT2D eigenvalue weighted by molar-refractivity contribution is -0.0978. The van der Waals surface area contributed by atoms with Crippen molar-refractivity contribution in [3.8, 4) is 17.2 Å². The molecule has 0 saturated heterocycles. The van der Waals surface area contributed by atoms with Crippen LogP contribution in [0.2, 0.25) is 0 Å². The minimum absolute atomic E-state index is 0.00992. The third-order valence-corrected chi connectivity index (χ3v) is 4.12. The van der Waals surface area contributed by atoms with Gasteiger partial charge in [-0.25, -0.2) is 8.78 Å². The van der Waals surface area contributed by atoms with Gasteiger partial charge in [-0.05, 0) is 18.9 Å². The molecule has 0 bridgehead atoms. The Morgan fingerprint density at radius 3 is 2.29 bits per heavy atom. The number of hydrogen-bond donors (Lipinski definition) is 0. The van der Waals surface area contributed by atoms with E-state index in [1.807, 2.05) is 0 Å². The highest BCUT2D eigenvalue weighted by Gasteiger charge is 2.45. The van der Waals surface area contributed by atoms with Crippen LogP contribution in [0.1, 0.15) is 25.0 Å². The van der Waals surface area contributed by atoms with Crippen LogP contribution in [0.25, 0.3) is 0 Å². The first-order chi connectivity index (χ1) is 11.4. The van der Waals surface area contributed by atoms with E-state index < -0.39 is 34.9 Å². The zero-order valence-corrected chi connectivity index (χ0v) is 12.9. The molecule has 0 amide bonds. The fourth-order valence-electron chi connectivity index (χ4n) is 2.51. The van der Waals surface area contributed by atoms with Gasteiger partial charge in [-0.3, -0.25) is 4.98 Å². The number of hydrogen-bond acceptors (Lipinski definition) is 3. The van der Waals surface area contributed by atoms with E-state index in [2.05, 4.69) is 4.98 Å². The molecule has 1 heterocycles. The summed E-state index contributed by atoms with van der Waals surface area (Å²) in [6, 6.07) is 4.18. The number of aromatic nitrogens is 1. The summed E-state index contributed by atoms with van der Waals surface area (Å²) < 4.78 is 66.3. The second-order valence-electron chi connectivity index (χ2n) is 5.65. The molecule has 3 rings (SSSR count). The van der Waals surface area contributed by atoms with Gasteiger partial charge in [0.15, 0.2) is 17.4 Å². The van der Waals surface area contributed by atoms with Crippen LogP contribution in [-0.4, -0.2) is 12.1 Å². The smallest absolute Gasteiger partial charge is 0.292 e. The van der Waals surface area contributed by atoms with Gasteiger partial charge in [0.2, 0.25) is 0 Å². The Bertz CT molecular complexity index is 724. The predicted octanol–water partition coefficient (Wildman–Crippen LogP) is 5.05. The van der Waals surface area contributed by atoms with Gasteiger partial charge in [0.05, 0.1) is 7.11 Å². The number of halogens is 4. The molecule has 0 aliphatic heterocycles. The van der Waals surface area contributed by atoms with Gasteiger partial charge in [-0.2, -0.15) is 8.78 Å². The lowest BCUT2D eigenvalue weighted by atomic mass is 9.79. The summed E-state index contributed by atoms with van der Waals surface area (Å²) in [6.45, 7) is 0. The van der Waals surface area contributed by atoms with Crippen molar-refractivity contribution in [2.24, 2.45) is 5.92 Å². The third-order valence-electron chi connectivity index (χ3n) is 4.12. The fourth-order valence-corrected chi connectivity index (χ4v) is 2.51. The maximum Gasteiger partial charge on any atom is 0.292 e. The van der Waals surface area contributed by atoms with E-state index in [4.69, 9.17) is 9.47 Å². The topological polar surface area (TPSA) is 31.4 Å². The van der Waals surface area contributed by atoms with Crippen LogP contribution in [0, 0.1) is 17.6 Å². The predicted molar refractivity (Wildman–Crippen MR) is 78.5 cm³/mol. The molecular formula is C17H15F4NO2. The third kappa shape index (κ3) is 3.02.